The van der Waals surface area contributed by atoms with Crippen molar-refractivity contribution in [2.75, 3.05) is 0 Å². The van der Waals surface area contributed by atoms with Gasteiger partial charge in [-0.25, -0.2) is 14.8 Å². The molecule has 0 bridgehead atoms. The highest BCUT2D eigenvalue weighted by Crippen LogP contribution is 2.21. The number of halogens is 1. The molecule has 2 aromatic carbocycles. The zero-order chi connectivity index (χ0) is 18.5. The minimum absolute atomic E-state index is 0.0766. The van der Waals surface area contributed by atoms with Crippen molar-refractivity contribution in [2.24, 2.45) is 0 Å². The van der Waals surface area contributed by atoms with Crippen molar-refractivity contribution in [1.82, 2.24) is 9.97 Å². The number of carbonyl (C=O) groups excluding carboxylic acids is 1. The number of rotatable bonds is 6. The molecule has 0 atom stereocenters. The summed E-state index contributed by atoms with van der Waals surface area (Å²) in [5.74, 6) is 0.619. The first kappa shape index (κ1) is 18.2. The van der Waals surface area contributed by atoms with Crippen molar-refractivity contribution in [3.05, 3.63) is 82.1 Å². The fraction of sp³-hybridized carbons (Fsp3) is 0.190. The quantitative estimate of drug-likeness (QED) is 0.727. The molecule has 3 aromatic rings. The van der Waals surface area contributed by atoms with E-state index in [1.165, 1.54) is 0 Å². The van der Waals surface area contributed by atoms with Crippen LogP contribution in [0, 0.1) is 0 Å². The van der Waals surface area contributed by atoms with Gasteiger partial charge in [-0.1, -0.05) is 54.9 Å². The van der Waals surface area contributed by atoms with Crippen LogP contribution in [-0.2, 0) is 24.1 Å². The van der Waals surface area contributed by atoms with Gasteiger partial charge < -0.3 is 0 Å². The lowest BCUT2D eigenvalue weighted by molar-refractivity contribution is -0.304. The summed E-state index contributed by atoms with van der Waals surface area (Å²) in [6.07, 6.45) is 1.92. The maximum Gasteiger partial charge on any atom is 0.313 e. The SMILES string of the molecule is CCc1cc(Cc2ccc(CC([NH3+])=O)cc2)nc(-c2cccc(Cl)c2)n1. The summed E-state index contributed by atoms with van der Waals surface area (Å²) < 4.78 is 0. The largest absolute Gasteiger partial charge is 0.313 e. The lowest BCUT2D eigenvalue weighted by atomic mass is 10.0. The number of hydrogen-bond donors (Lipinski definition) is 1. The number of hydrogen-bond acceptors (Lipinski definition) is 3. The second-order valence-electron chi connectivity index (χ2n) is 6.25. The zero-order valence-electron chi connectivity index (χ0n) is 14.7. The first-order chi connectivity index (χ1) is 12.5. The summed E-state index contributed by atoms with van der Waals surface area (Å²) in [5, 5.41) is 0.671. The van der Waals surface area contributed by atoms with E-state index in [2.05, 4.69) is 17.6 Å². The number of amides is 1. The maximum absolute atomic E-state index is 11.1. The molecule has 0 unspecified atom stereocenters. The third-order valence-electron chi connectivity index (χ3n) is 4.09. The van der Waals surface area contributed by atoms with Gasteiger partial charge in [-0.05, 0) is 35.7 Å². The summed E-state index contributed by atoms with van der Waals surface area (Å²) in [6.45, 7) is 2.08. The predicted molar refractivity (Wildman–Crippen MR) is 103 cm³/mol. The van der Waals surface area contributed by atoms with E-state index in [1.54, 1.807) is 0 Å². The number of benzene rings is 2. The highest BCUT2D eigenvalue weighted by molar-refractivity contribution is 6.30. The van der Waals surface area contributed by atoms with Gasteiger partial charge >= 0.3 is 5.91 Å². The molecule has 1 aromatic heterocycles. The fourth-order valence-electron chi connectivity index (χ4n) is 2.79. The third-order valence-corrected chi connectivity index (χ3v) is 4.32. The van der Waals surface area contributed by atoms with Gasteiger partial charge in [0, 0.05) is 28.4 Å². The Morgan fingerprint density at radius 1 is 1.00 bits per heavy atom. The van der Waals surface area contributed by atoms with E-state index in [9.17, 15) is 4.79 Å². The Balaban J connectivity index is 1.87. The summed E-state index contributed by atoms with van der Waals surface area (Å²) in [4.78, 5) is 20.5. The van der Waals surface area contributed by atoms with E-state index in [1.807, 2.05) is 54.6 Å². The average Bonchev–Trinajstić information content (AvgIpc) is 2.62. The molecule has 5 heteroatoms. The van der Waals surface area contributed by atoms with Gasteiger partial charge in [0.05, 0.1) is 6.42 Å². The number of quaternary nitrogens is 1. The van der Waals surface area contributed by atoms with Gasteiger partial charge in [0.25, 0.3) is 0 Å². The van der Waals surface area contributed by atoms with Gasteiger partial charge in [0.2, 0.25) is 0 Å². The fourth-order valence-corrected chi connectivity index (χ4v) is 2.98. The highest BCUT2D eigenvalue weighted by Gasteiger charge is 2.08. The van der Waals surface area contributed by atoms with Gasteiger partial charge in [0.1, 0.15) is 0 Å². The van der Waals surface area contributed by atoms with Gasteiger partial charge in [-0.15, -0.1) is 0 Å². The second-order valence-corrected chi connectivity index (χ2v) is 6.68. The van der Waals surface area contributed by atoms with Crippen LogP contribution in [0.5, 0.6) is 0 Å². The van der Waals surface area contributed by atoms with Crippen LogP contribution in [0.15, 0.2) is 54.6 Å². The molecule has 0 saturated heterocycles. The molecule has 0 aliphatic heterocycles. The minimum Gasteiger partial charge on any atom is -0.294 e. The van der Waals surface area contributed by atoms with E-state index in [0.717, 1.165) is 34.5 Å². The molecule has 4 nitrogen and oxygen atoms in total. The molecule has 132 valence electrons. The van der Waals surface area contributed by atoms with E-state index in [-0.39, 0.29) is 5.91 Å². The van der Waals surface area contributed by atoms with Crippen LogP contribution >= 0.6 is 11.6 Å². The number of nitrogens with zero attached hydrogens (tertiary/aromatic N) is 2. The van der Waals surface area contributed by atoms with Crippen LogP contribution < -0.4 is 5.73 Å². The molecule has 3 rings (SSSR count). The molecular weight excluding hydrogens is 346 g/mol. The Morgan fingerprint density at radius 2 is 1.69 bits per heavy atom. The molecule has 3 N–H and O–H groups in total. The van der Waals surface area contributed by atoms with Crippen molar-refractivity contribution in [3.63, 3.8) is 0 Å². The molecule has 0 radical (unpaired) electrons. The van der Waals surface area contributed by atoms with Gasteiger partial charge in [-0.3, -0.25) is 5.73 Å². The summed E-state index contributed by atoms with van der Waals surface area (Å²) in [7, 11) is 0. The van der Waals surface area contributed by atoms with E-state index in [4.69, 9.17) is 16.6 Å². The molecule has 0 fully saturated rings. The van der Waals surface area contributed by atoms with Crippen LogP contribution in [0.2, 0.25) is 5.02 Å². The molecule has 1 amide bonds. The van der Waals surface area contributed by atoms with Crippen LogP contribution in [0.4, 0.5) is 0 Å². The smallest absolute Gasteiger partial charge is 0.294 e. The highest BCUT2D eigenvalue weighted by atomic mass is 35.5. The maximum atomic E-state index is 11.1. The van der Waals surface area contributed by atoms with Crippen molar-refractivity contribution >= 4 is 17.5 Å². The monoisotopic (exact) mass is 366 g/mol. The average molecular weight is 367 g/mol. The first-order valence-electron chi connectivity index (χ1n) is 8.59. The third kappa shape index (κ3) is 4.75. The van der Waals surface area contributed by atoms with E-state index < -0.39 is 0 Å². The van der Waals surface area contributed by atoms with Crippen LogP contribution in [0.25, 0.3) is 11.4 Å². The normalized spacial score (nSPS) is 10.7. The lowest BCUT2D eigenvalue weighted by Gasteiger charge is -2.08. The predicted octanol–water partition coefficient (Wildman–Crippen LogP) is 3.26. The van der Waals surface area contributed by atoms with Gasteiger partial charge in [0.15, 0.2) is 5.82 Å². The van der Waals surface area contributed by atoms with Crippen molar-refractivity contribution in [3.8, 4) is 11.4 Å². The molecule has 1 heterocycles. The Morgan fingerprint density at radius 3 is 2.35 bits per heavy atom. The Kier molecular flexibility index (Phi) is 5.76. The molecule has 26 heavy (non-hydrogen) atoms. The Labute approximate surface area is 158 Å². The molecule has 0 saturated carbocycles. The van der Waals surface area contributed by atoms with Crippen LogP contribution in [0.3, 0.4) is 0 Å². The topological polar surface area (TPSA) is 70.5 Å². The molecule has 0 spiro atoms. The van der Waals surface area contributed by atoms with E-state index >= 15 is 0 Å². The zero-order valence-corrected chi connectivity index (χ0v) is 15.5. The van der Waals surface area contributed by atoms with E-state index in [0.29, 0.717) is 23.7 Å². The summed E-state index contributed by atoms with van der Waals surface area (Å²) in [6, 6.07) is 17.6. The second kappa shape index (κ2) is 8.21. The van der Waals surface area contributed by atoms with Crippen LogP contribution in [-0.4, -0.2) is 15.9 Å². The number of aryl methyl sites for hydroxylation is 1. The summed E-state index contributed by atoms with van der Waals surface area (Å²) >= 11 is 6.10. The van der Waals surface area contributed by atoms with Gasteiger partial charge in [-0.2, -0.15) is 0 Å². The van der Waals surface area contributed by atoms with Crippen molar-refractivity contribution in [2.45, 2.75) is 26.2 Å². The minimum atomic E-state index is -0.0766. The number of carbonyl (C=O) groups is 1. The lowest BCUT2D eigenvalue weighted by Crippen LogP contribution is -2.57. The Hall–Kier alpha value is -2.56. The van der Waals surface area contributed by atoms with Crippen molar-refractivity contribution < 1.29 is 10.5 Å². The number of aromatic nitrogens is 2. The Bertz CT molecular complexity index is 923. The van der Waals surface area contributed by atoms with Crippen molar-refractivity contribution in [1.29, 1.82) is 0 Å². The first-order valence-corrected chi connectivity index (χ1v) is 8.96. The standard InChI is InChI=1S/C21H20ClN3O/c1-2-18-13-19(10-14-6-8-15(9-7-14)11-20(23)26)25-21(24-18)16-4-3-5-17(22)12-16/h3-9,12-13H,2,10-11H2,1H3,(H2,23,26)/p+1. The summed E-state index contributed by atoms with van der Waals surface area (Å²) in [5.41, 5.74) is 8.43. The molecule has 0 aliphatic carbocycles. The molecular formula is C21H21ClN3O+. The van der Waals surface area contributed by atoms with Crippen LogP contribution in [0.1, 0.15) is 29.4 Å². The molecule has 0 aliphatic rings.